The van der Waals surface area contributed by atoms with Crippen LogP contribution in [0.25, 0.3) is 0 Å². The first-order chi connectivity index (χ1) is 9.65. The number of carbonyl (C=O) groups excluding carboxylic acids is 2. The Kier molecular flexibility index (Phi) is 3.44. The van der Waals surface area contributed by atoms with Crippen LogP contribution in [0.1, 0.15) is 22.3 Å². The zero-order valence-corrected chi connectivity index (χ0v) is 11.5. The molecule has 2 fully saturated rings. The van der Waals surface area contributed by atoms with E-state index in [-0.39, 0.29) is 11.9 Å². The minimum absolute atomic E-state index is 0.182. The molecule has 3 rings (SSSR count). The molecule has 0 spiro atoms. The molecule has 20 heavy (non-hydrogen) atoms. The molecule has 1 aromatic rings. The van der Waals surface area contributed by atoms with E-state index in [2.05, 4.69) is 15.0 Å². The van der Waals surface area contributed by atoms with Crippen LogP contribution in [0, 0.1) is 5.92 Å². The third-order valence-corrected chi connectivity index (χ3v) is 4.09. The largest absolute Gasteiger partial charge is 0.465 e. The molecule has 2 atom stereocenters. The van der Waals surface area contributed by atoms with Gasteiger partial charge in [-0.15, -0.1) is 0 Å². The first kappa shape index (κ1) is 13.1. The Morgan fingerprint density at radius 1 is 1.35 bits per heavy atom. The van der Waals surface area contributed by atoms with Crippen molar-refractivity contribution >= 4 is 11.9 Å². The Balaban J connectivity index is 1.59. The van der Waals surface area contributed by atoms with E-state index in [0.717, 1.165) is 19.6 Å². The summed E-state index contributed by atoms with van der Waals surface area (Å²) in [5, 5.41) is 3.02. The molecular weight excluding hydrogens is 256 g/mol. The lowest BCUT2D eigenvalue weighted by molar-refractivity contribution is -0.119. The predicted octanol–water partition coefficient (Wildman–Crippen LogP) is 0.793. The van der Waals surface area contributed by atoms with Crippen molar-refractivity contribution in [1.29, 1.82) is 0 Å². The molecule has 0 radical (unpaired) electrons. The maximum atomic E-state index is 11.4. The second-order valence-corrected chi connectivity index (χ2v) is 5.52. The average Bonchev–Trinajstić information content (AvgIpc) is 2.95. The molecule has 2 heterocycles. The number of benzene rings is 1. The summed E-state index contributed by atoms with van der Waals surface area (Å²) in [4.78, 5) is 25.0. The van der Waals surface area contributed by atoms with Crippen molar-refractivity contribution in [2.75, 3.05) is 20.2 Å². The molecule has 106 valence electrons. The Morgan fingerprint density at radius 3 is 2.75 bits per heavy atom. The summed E-state index contributed by atoms with van der Waals surface area (Å²) in [6, 6.07) is 7.81. The van der Waals surface area contributed by atoms with Crippen LogP contribution in [0.4, 0.5) is 0 Å². The fourth-order valence-corrected chi connectivity index (χ4v) is 3.09. The number of methoxy groups -OCH3 is 1. The highest BCUT2D eigenvalue weighted by Gasteiger charge is 2.39. The lowest BCUT2D eigenvalue weighted by Gasteiger charge is -2.16. The maximum absolute atomic E-state index is 11.4. The van der Waals surface area contributed by atoms with Gasteiger partial charge in [-0.3, -0.25) is 9.69 Å². The van der Waals surface area contributed by atoms with Gasteiger partial charge in [-0.1, -0.05) is 12.1 Å². The van der Waals surface area contributed by atoms with Gasteiger partial charge in [0.15, 0.2) is 0 Å². The predicted molar refractivity (Wildman–Crippen MR) is 73.1 cm³/mol. The second kappa shape index (κ2) is 5.25. The number of hydrogen-bond acceptors (Lipinski definition) is 4. The van der Waals surface area contributed by atoms with Gasteiger partial charge >= 0.3 is 5.97 Å². The van der Waals surface area contributed by atoms with E-state index in [1.54, 1.807) is 12.1 Å². The highest BCUT2D eigenvalue weighted by molar-refractivity contribution is 5.89. The maximum Gasteiger partial charge on any atom is 0.337 e. The molecule has 2 aliphatic heterocycles. The Hall–Kier alpha value is -1.88. The Labute approximate surface area is 117 Å². The molecule has 2 saturated heterocycles. The van der Waals surface area contributed by atoms with Crippen LogP contribution in [0.15, 0.2) is 24.3 Å². The van der Waals surface area contributed by atoms with Crippen LogP contribution in [-0.2, 0) is 16.1 Å². The number of carbonyl (C=O) groups is 2. The fraction of sp³-hybridized carbons (Fsp3) is 0.467. The number of hydrogen-bond donors (Lipinski definition) is 1. The molecule has 0 bridgehead atoms. The smallest absolute Gasteiger partial charge is 0.337 e. The number of esters is 1. The van der Waals surface area contributed by atoms with Crippen LogP contribution in [0.5, 0.6) is 0 Å². The van der Waals surface area contributed by atoms with E-state index in [0.29, 0.717) is 23.9 Å². The van der Waals surface area contributed by atoms with Gasteiger partial charge in [-0.05, 0) is 17.7 Å². The number of ether oxygens (including phenoxy) is 1. The van der Waals surface area contributed by atoms with Crippen molar-refractivity contribution in [3.8, 4) is 0 Å². The van der Waals surface area contributed by atoms with Crippen LogP contribution in [0.2, 0.25) is 0 Å². The summed E-state index contributed by atoms with van der Waals surface area (Å²) in [6.45, 7) is 2.72. The van der Waals surface area contributed by atoms with Crippen molar-refractivity contribution in [3.63, 3.8) is 0 Å². The number of amides is 1. The Morgan fingerprint density at radius 2 is 2.10 bits per heavy atom. The van der Waals surface area contributed by atoms with Crippen molar-refractivity contribution in [2.45, 2.75) is 19.0 Å². The van der Waals surface area contributed by atoms with Gasteiger partial charge < -0.3 is 10.1 Å². The lowest BCUT2D eigenvalue weighted by atomic mass is 10.1. The van der Waals surface area contributed by atoms with Gasteiger partial charge in [-0.25, -0.2) is 4.79 Å². The number of nitrogens with one attached hydrogen (secondary N) is 1. The standard InChI is InChI=1S/C15H18N2O3/c1-20-15(19)11-4-2-10(3-5-11)7-17-8-12-6-14(18)16-13(12)9-17/h2-5,12-13H,6-9H2,1H3,(H,16,18)/t12-,13+/m0/s1. The molecule has 5 nitrogen and oxygen atoms in total. The van der Waals surface area contributed by atoms with Crippen LogP contribution >= 0.6 is 0 Å². The van der Waals surface area contributed by atoms with Gasteiger partial charge in [0.05, 0.1) is 12.7 Å². The summed E-state index contributed by atoms with van der Waals surface area (Å²) in [5.41, 5.74) is 1.74. The number of likely N-dealkylation sites (tertiary alicyclic amines) is 1. The third kappa shape index (κ3) is 2.54. The molecular formula is C15H18N2O3. The minimum Gasteiger partial charge on any atom is -0.465 e. The first-order valence-electron chi connectivity index (χ1n) is 6.84. The summed E-state index contributed by atoms with van der Waals surface area (Å²) in [6.07, 6.45) is 0.655. The molecule has 0 aromatic heterocycles. The van der Waals surface area contributed by atoms with Crippen molar-refractivity contribution in [1.82, 2.24) is 10.2 Å². The summed E-state index contributed by atoms with van der Waals surface area (Å²) in [5.74, 6) is 0.328. The SMILES string of the molecule is COC(=O)c1ccc(CN2C[C@@H]3CC(=O)N[C@@H]3C2)cc1. The summed E-state index contributed by atoms with van der Waals surface area (Å²) < 4.78 is 4.68. The first-order valence-corrected chi connectivity index (χ1v) is 6.84. The van der Waals surface area contributed by atoms with E-state index in [4.69, 9.17) is 0 Å². The third-order valence-electron chi connectivity index (χ3n) is 4.09. The van der Waals surface area contributed by atoms with Gasteiger partial charge in [0.1, 0.15) is 0 Å². The minimum atomic E-state index is -0.310. The van der Waals surface area contributed by atoms with Gasteiger partial charge in [-0.2, -0.15) is 0 Å². The van der Waals surface area contributed by atoms with E-state index in [9.17, 15) is 9.59 Å². The zero-order chi connectivity index (χ0) is 14.1. The van der Waals surface area contributed by atoms with E-state index in [1.807, 2.05) is 12.1 Å². The number of fused-ring (bicyclic) bond motifs is 1. The molecule has 2 aliphatic rings. The molecule has 0 unspecified atom stereocenters. The molecule has 0 aliphatic carbocycles. The monoisotopic (exact) mass is 274 g/mol. The van der Waals surface area contributed by atoms with Crippen molar-refractivity contribution in [2.24, 2.45) is 5.92 Å². The van der Waals surface area contributed by atoms with Gasteiger partial charge in [0.2, 0.25) is 5.91 Å². The topological polar surface area (TPSA) is 58.6 Å². The molecule has 0 saturated carbocycles. The van der Waals surface area contributed by atoms with Crippen molar-refractivity contribution < 1.29 is 14.3 Å². The quantitative estimate of drug-likeness (QED) is 0.828. The van der Waals surface area contributed by atoms with Crippen LogP contribution < -0.4 is 5.32 Å². The van der Waals surface area contributed by atoms with Gasteiger partial charge in [0.25, 0.3) is 0 Å². The zero-order valence-electron chi connectivity index (χ0n) is 11.5. The van der Waals surface area contributed by atoms with Gasteiger partial charge in [0, 0.05) is 38.0 Å². The number of nitrogens with zero attached hydrogens (tertiary/aromatic N) is 1. The van der Waals surface area contributed by atoms with Crippen LogP contribution in [0.3, 0.4) is 0 Å². The highest BCUT2D eigenvalue weighted by Crippen LogP contribution is 2.26. The molecule has 1 aromatic carbocycles. The summed E-state index contributed by atoms with van der Waals surface area (Å²) in [7, 11) is 1.38. The second-order valence-electron chi connectivity index (χ2n) is 5.52. The molecule has 5 heteroatoms. The fourth-order valence-electron chi connectivity index (χ4n) is 3.09. The van der Waals surface area contributed by atoms with E-state index in [1.165, 1.54) is 12.7 Å². The lowest BCUT2D eigenvalue weighted by Crippen LogP contribution is -2.32. The van der Waals surface area contributed by atoms with E-state index < -0.39 is 0 Å². The summed E-state index contributed by atoms with van der Waals surface area (Å²) >= 11 is 0. The molecule has 1 N–H and O–H groups in total. The van der Waals surface area contributed by atoms with Crippen LogP contribution in [-0.4, -0.2) is 43.0 Å². The Bertz CT molecular complexity index is 510. The number of rotatable bonds is 3. The highest BCUT2D eigenvalue weighted by atomic mass is 16.5. The molecule has 1 amide bonds. The normalized spacial score (nSPS) is 25.4. The van der Waals surface area contributed by atoms with E-state index >= 15 is 0 Å². The average molecular weight is 274 g/mol. The van der Waals surface area contributed by atoms with Crippen molar-refractivity contribution in [3.05, 3.63) is 35.4 Å².